The Balaban J connectivity index is 1.85. The first-order chi connectivity index (χ1) is 9.72. The maximum Gasteiger partial charge on any atom is 0.359 e. The highest BCUT2D eigenvalue weighted by Gasteiger charge is 2.04. The fourth-order valence-electron chi connectivity index (χ4n) is 2.09. The van der Waals surface area contributed by atoms with Gasteiger partial charge in [-0.2, -0.15) is 0 Å². The quantitative estimate of drug-likeness (QED) is 0.734. The van der Waals surface area contributed by atoms with E-state index >= 15 is 0 Å². The molecular weight excluding hydrogens is 250 g/mol. The van der Waals surface area contributed by atoms with E-state index < -0.39 is 0 Å². The van der Waals surface area contributed by atoms with Crippen LogP contribution in [0.2, 0.25) is 0 Å². The zero-order chi connectivity index (χ0) is 13.9. The van der Waals surface area contributed by atoms with E-state index in [2.05, 4.69) is 24.4 Å². The molecule has 0 spiro atoms. The molecule has 0 aliphatic rings. The van der Waals surface area contributed by atoms with Crippen molar-refractivity contribution in [3.63, 3.8) is 0 Å². The lowest BCUT2D eigenvalue weighted by Gasteiger charge is -2.06. The van der Waals surface area contributed by atoms with Crippen LogP contribution in [0.4, 0.5) is 5.69 Å². The minimum Gasteiger partial charge on any atom is -0.421 e. The molecule has 0 bridgehead atoms. The number of benzene rings is 2. The molecule has 3 nitrogen and oxygen atoms in total. The van der Waals surface area contributed by atoms with Gasteiger partial charge in [0.15, 0.2) is 0 Å². The molecule has 3 aromatic rings. The minimum atomic E-state index is -0.337. The summed E-state index contributed by atoms with van der Waals surface area (Å²) in [6.07, 6.45) is 0. The van der Waals surface area contributed by atoms with Gasteiger partial charge in [-0.05, 0) is 24.6 Å². The van der Waals surface area contributed by atoms with Gasteiger partial charge in [-0.25, -0.2) is 4.79 Å². The van der Waals surface area contributed by atoms with E-state index in [1.165, 1.54) is 5.56 Å². The Morgan fingerprint density at radius 3 is 2.60 bits per heavy atom. The monoisotopic (exact) mass is 265 g/mol. The molecule has 1 heterocycles. The summed E-state index contributed by atoms with van der Waals surface area (Å²) in [4.78, 5) is 11.9. The molecule has 0 fully saturated rings. The van der Waals surface area contributed by atoms with E-state index in [1.54, 1.807) is 6.07 Å². The van der Waals surface area contributed by atoms with Gasteiger partial charge in [0.05, 0.1) is 0 Å². The summed E-state index contributed by atoms with van der Waals surface area (Å²) in [7, 11) is 0. The number of para-hydroxylation sites is 1. The highest BCUT2D eigenvalue weighted by molar-refractivity contribution is 5.79. The normalized spacial score (nSPS) is 10.7. The highest BCUT2D eigenvalue weighted by atomic mass is 16.4. The van der Waals surface area contributed by atoms with Crippen LogP contribution in [-0.2, 0) is 6.54 Å². The third-order valence-electron chi connectivity index (χ3n) is 3.24. The summed E-state index contributed by atoms with van der Waals surface area (Å²) < 4.78 is 5.28. The summed E-state index contributed by atoms with van der Waals surface area (Å²) in [5, 5.41) is 4.05. The number of nitrogens with one attached hydrogen (secondary N) is 1. The maximum absolute atomic E-state index is 11.9. The molecule has 0 amide bonds. The standard InChI is InChI=1S/C17H15NO2/c1-12-6-8-13(9-7-12)11-18-15-10-14-4-2-3-5-16(14)20-17(15)19/h2-10,18H,11H2,1H3. The average molecular weight is 265 g/mol. The van der Waals surface area contributed by atoms with E-state index in [-0.39, 0.29) is 5.63 Å². The number of hydrogen-bond donors (Lipinski definition) is 1. The van der Waals surface area contributed by atoms with E-state index in [0.29, 0.717) is 17.8 Å². The molecule has 3 rings (SSSR count). The molecule has 1 aromatic heterocycles. The third kappa shape index (κ3) is 2.57. The van der Waals surface area contributed by atoms with Crippen molar-refractivity contribution in [1.29, 1.82) is 0 Å². The van der Waals surface area contributed by atoms with Crippen LogP contribution in [0.1, 0.15) is 11.1 Å². The predicted octanol–water partition coefficient (Wildman–Crippen LogP) is 3.71. The van der Waals surface area contributed by atoms with E-state index in [9.17, 15) is 4.79 Å². The summed E-state index contributed by atoms with van der Waals surface area (Å²) >= 11 is 0. The second-order valence-corrected chi connectivity index (χ2v) is 4.82. The van der Waals surface area contributed by atoms with Crippen molar-refractivity contribution in [1.82, 2.24) is 0 Å². The number of aryl methyl sites for hydroxylation is 1. The Hall–Kier alpha value is -2.55. The van der Waals surface area contributed by atoms with Crippen molar-refractivity contribution >= 4 is 16.7 Å². The SMILES string of the molecule is Cc1ccc(CNc2cc3ccccc3oc2=O)cc1. The number of rotatable bonds is 3. The maximum atomic E-state index is 11.9. The van der Waals surface area contributed by atoms with E-state index in [1.807, 2.05) is 36.4 Å². The Kier molecular flexibility index (Phi) is 3.25. The molecular formula is C17H15NO2. The molecule has 0 aliphatic heterocycles. The van der Waals surface area contributed by atoms with E-state index in [0.717, 1.165) is 10.9 Å². The Bertz CT molecular complexity index is 788. The van der Waals surface area contributed by atoms with Crippen molar-refractivity contribution in [3.8, 4) is 0 Å². The Labute approximate surface area is 116 Å². The lowest BCUT2D eigenvalue weighted by atomic mass is 10.1. The second-order valence-electron chi connectivity index (χ2n) is 4.82. The van der Waals surface area contributed by atoms with Crippen LogP contribution in [0, 0.1) is 6.92 Å². The lowest BCUT2D eigenvalue weighted by Crippen LogP contribution is -2.10. The van der Waals surface area contributed by atoms with Gasteiger partial charge in [0.25, 0.3) is 0 Å². The number of anilines is 1. The first-order valence-corrected chi connectivity index (χ1v) is 6.55. The molecule has 100 valence electrons. The van der Waals surface area contributed by atoms with Crippen LogP contribution >= 0.6 is 0 Å². The van der Waals surface area contributed by atoms with Gasteiger partial charge < -0.3 is 9.73 Å². The van der Waals surface area contributed by atoms with Gasteiger partial charge in [0.1, 0.15) is 11.3 Å². The molecule has 0 saturated heterocycles. The molecule has 20 heavy (non-hydrogen) atoms. The predicted molar refractivity (Wildman–Crippen MR) is 81.0 cm³/mol. The molecule has 0 unspecified atom stereocenters. The van der Waals surface area contributed by atoms with E-state index in [4.69, 9.17) is 4.42 Å². The van der Waals surface area contributed by atoms with Crippen LogP contribution < -0.4 is 10.9 Å². The summed E-state index contributed by atoms with van der Waals surface area (Å²) in [5.74, 6) is 0. The molecule has 0 radical (unpaired) electrons. The van der Waals surface area contributed by atoms with Crippen LogP contribution in [0.5, 0.6) is 0 Å². The smallest absolute Gasteiger partial charge is 0.359 e. The van der Waals surface area contributed by atoms with Crippen molar-refractivity contribution < 1.29 is 4.42 Å². The Morgan fingerprint density at radius 2 is 1.80 bits per heavy atom. The van der Waals surface area contributed by atoms with Crippen LogP contribution in [0.15, 0.2) is 63.8 Å². The van der Waals surface area contributed by atoms with Crippen molar-refractivity contribution in [2.24, 2.45) is 0 Å². The molecule has 1 N–H and O–H groups in total. The molecule has 2 aromatic carbocycles. The first kappa shape index (κ1) is 12.5. The van der Waals surface area contributed by atoms with Crippen molar-refractivity contribution in [2.45, 2.75) is 13.5 Å². The summed E-state index contributed by atoms with van der Waals surface area (Å²) in [6, 6.07) is 17.5. The van der Waals surface area contributed by atoms with Gasteiger partial charge in [0, 0.05) is 11.9 Å². The topological polar surface area (TPSA) is 42.2 Å². The molecule has 0 aliphatic carbocycles. The van der Waals surface area contributed by atoms with Gasteiger partial charge in [0.2, 0.25) is 0 Å². The van der Waals surface area contributed by atoms with Crippen molar-refractivity contribution in [3.05, 3.63) is 76.1 Å². The minimum absolute atomic E-state index is 0.337. The largest absolute Gasteiger partial charge is 0.421 e. The fraction of sp³-hybridized carbons (Fsp3) is 0.118. The zero-order valence-corrected chi connectivity index (χ0v) is 11.2. The number of fused-ring (bicyclic) bond motifs is 1. The Morgan fingerprint density at radius 1 is 1.05 bits per heavy atom. The highest BCUT2D eigenvalue weighted by Crippen LogP contribution is 2.15. The van der Waals surface area contributed by atoms with Gasteiger partial charge in [-0.3, -0.25) is 0 Å². The molecule has 0 atom stereocenters. The second kappa shape index (κ2) is 5.21. The fourth-order valence-corrected chi connectivity index (χ4v) is 2.09. The number of hydrogen-bond acceptors (Lipinski definition) is 3. The van der Waals surface area contributed by atoms with Gasteiger partial charge in [-0.15, -0.1) is 0 Å². The summed E-state index contributed by atoms with van der Waals surface area (Å²) in [5.41, 5.74) is 3.11. The van der Waals surface area contributed by atoms with Crippen LogP contribution in [0.25, 0.3) is 11.0 Å². The average Bonchev–Trinajstić information content (AvgIpc) is 2.47. The lowest BCUT2D eigenvalue weighted by molar-refractivity contribution is 0.563. The van der Waals surface area contributed by atoms with Crippen LogP contribution in [-0.4, -0.2) is 0 Å². The summed E-state index contributed by atoms with van der Waals surface area (Å²) in [6.45, 7) is 2.65. The van der Waals surface area contributed by atoms with Crippen molar-refractivity contribution in [2.75, 3.05) is 5.32 Å². The van der Waals surface area contributed by atoms with Gasteiger partial charge in [-0.1, -0.05) is 48.0 Å². The molecule has 3 heteroatoms. The van der Waals surface area contributed by atoms with Gasteiger partial charge >= 0.3 is 5.63 Å². The zero-order valence-electron chi connectivity index (χ0n) is 11.2. The first-order valence-electron chi connectivity index (χ1n) is 6.55. The van der Waals surface area contributed by atoms with Crippen LogP contribution in [0.3, 0.4) is 0 Å². The third-order valence-corrected chi connectivity index (χ3v) is 3.24. The molecule has 0 saturated carbocycles.